The lowest BCUT2D eigenvalue weighted by molar-refractivity contribution is 0.414. The number of ether oxygens (including phenoxy) is 1. The van der Waals surface area contributed by atoms with E-state index < -0.39 is 0 Å². The number of nitrogens with zero attached hydrogens (tertiary/aromatic N) is 1. The molecule has 0 atom stereocenters. The van der Waals surface area contributed by atoms with Gasteiger partial charge in [0.25, 0.3) is 0 Å². The Balaban J connectivity index is 0.00000264. The standard InChI is InChI=1S/C18H27N3O.HI/c1-19-18(20-12-11-15-7-4-3-5-8-15)21-14-16-9-6-10-17(13-16)22-2;/h6-7,9-10,13H,3-5,8,11-12,14H2,1-2H3,(H2,19,20,21);1H. The van der Waals surface area contributed by atoms with Crippen molar-refractivity contribution in [1.82, 2.24) is 10.6 Å². The van der Waals surface area contributed by atoms with Crippen molar-refractivity contribution in [3.63, 3.8) is 0 Å². The van der Waals surface area contributed by atoms with Gasteiger partial charge in [0.1, 0.15) is 5.75 Å². The van der Waals surface area contributed by atoms with Crippen LogP contribution in [0.25, 0.3) is 0 Å². The highest BCUT2D eigenvalue weighted by Crippen LogP contribution is 2.19. The first-order chi connectivity index (χ1) is 10.8. The van der Waals surface area contributed by atoms with Crippen molar-refractivity contribution in [3.05, 3.63) is 41.5 Å². The highest BCUT2D eigenvalue weighted by atomic mass is 127. The number of allylic oxidation sites excluding steroid dienone is 1. The maximum atomic E-state index is 5.24. The predicted octanol–water partition coefficient (Wildman–Crippen LogP) is 3.87. The van der Waals surface area contributed by atoms with Crippen LogP contribution in [0.2, 0.25) is 0 Å². The second kappa shape index (κ2) is 11.3. The summed E-state index contributed by atoms with van der Waals surface area (Å²) in [6.45, 7) is 1.67. The molecule has 23 heavy (non-hydrogen) atoms. The number of nitrogens with one attached hydrogen (secondary N) is 2. The van der Waals surface area contributed by atoms with E-state index in [-0.39, 0.29) is 24.0 Å². The molecule has 1 aromatic rings. The van der Waals surface area contributed by atoms with E-state index in [1.807, 2.05) is 18.2 Å². The molecule has 2 rings (SSSR count). The summed E-state index contributed by atoms with van der Waals surface area (Å²) in [4.78, 5) is 4.27. The summed E-state index contributed by atoms with van der Waals surface area (Å²) in [6.07, 6.45) is 8.71. The van der Waals surface area contributed by atoms with E-state index in [0.29, 0.717) is 0 Å². The van der Waals surface area contributed by atoms with E-state index in [4.69, 9.17) is 4.74 Å². The van der Waals surface area contributed by atoms with Crippen molar-refractivity contribution in [1.29, 1.82) is 0 Å². The molecule has 1 aliphatic carbocycles. The van der Waals surface area contributed by atoms with Gasteiger partial charge < -0.3 is 15.4 Å². The van der Waals surface area contributed by atoms with Gasteiger partial charge in [0.05, 0.1) is 7.11 Å². The third-order valence-corrected chi connectivity index (χ3v) is 3.94. The minimum Gasteiger partial charge on any atom is -0.497 e. The van der Waals surface area contributed by atoms with Crippen molar-refractivity contribution in [2.75, 3.05) is 20.7 Å². The van der Waals surface area contributed by atoms with Gasteiger partial charge in [-0.15, -0.1) is 24.0 Å². The number of methoxy groups -OCH3 is 1. The molecule has 1 aromatic carbocycles. The molecule has 2 N–H and O–H groups in total. The largest absolute Gasteiger partial charge is 0.497 e. The molecule has 0 aromatic heterocycles. The van der Waals surface area contributed by atoms with Gasteiger partial charge in [-0.3, -0.25) is 4.99 Å². The van der Waals surface area contributed by atoms with Crippen molar-refractivity contribution in [3.8, 4) is 5.75 Å². The third kappa shape index (κ3) is 7.24. The Morgan fingerprint density at radius 3 is 2.83 bits per heavy atom. The number of hydrogen-bond donors (Lipinski definition) is 2. The van der Waals surface area contributed by atoms with Gasteiger partial charge in [0, 0.05) is 20.1 Å². The van der Waals surface area contributed by atoms with Crippen molar-refractivity contribution in [2.24, 2.45) is 4.99 Å². The van der Waals surface area contributed by atoms with Crippen LogP contribution in [0.1, 0.15) is 37.7 Å². The second-order valence-corrected chi connectivity index (χ2v) is 5.56. The molecule has 0 spiro atoms. The predicted molar refractivity (Wildman–Crippen MR) is 108 cm³/mol. The SMILES string of the molecule is CN=C(NCCC1=CCCCC1)NCc1cccc(OC)c1.I. The van der Waals surface area contributed by atoms with Gasteiger partial charge in [-0.25, -0.2) is 0 Å². The van der Waals surface area contributed by atoms with E-state index in [2.05, 4.69) is 27.8 Å². The fraction of sp³-hybridized carbons (Fsp3) is 0.500. The second-order valence-electron chi connectivity index (χ2n) is 5.56. The summed E-state index contributed by atoms with van der Waals surface area (Å²) in [7, 11) is 3.49. The lowest BCUT2D eigenvalue weighted by Gasteiger charge is -2.15. The Kier molecular flexibility index (Phi) is 9.75. The summed E-state index contributed by atoms with van der Waals surface area (Å²) in [5, 5.41) is 6.72. The summed E-state index contributed by atoms with van der Waals surface area (Å²) in [6, 6.07) is 8.07. The zero-order chi connectivity index (χ0) is 15.6. The third-order valence-electron chi connectivity index (χ3n) is 3.94. The topological polar surface area (TPSA) is 45.7 Å². The highest BCUT2D eigenvalue weighted by Gasteiger charge is 2.04. The Labute approximate surface area is 156 Å². The van der Waals surface area contributed by atoms with Crippen molar-refractivity contribution < 1.29 is 4.74 Å². The fourth-order valence-corrected chi connectivity index (χ4v) is 2.66. The number of rotatable bonds is 6. The van der Waals surface area contributed by atoms with Crippen LogP contribution in [-0.2, 0) is 6.54 Å². The Bertz CT molecular complexity index is 529. The normalized spacial score (nSPS) is 14.5. The molecule has 0 fully saturated rings. The number of benzene rings is 1. The average Bonchev–Trinajstić information content (AvgIpc) is 2.59. The molecular formula is C18H28IN3O. The van der Waals surface area contributed by atoms with Crippen LogP contribution in [0.5, 0.6) is 5.75 Å². The molecule has 0 saturated heterocycles. The van der Waals surface area contributed by atoms with Gasteiger partial charge in [-0.1, -0.05) is 23.8 Å². The number of hydrogen-bond acceptors (Lipinski definition) is 2. The van der Waals surface area contributed by atoms with Crippen LogP contribution in [0, 0.1) is 0 Å². The fourth-order valence-electron chi connectivity index (χ4n) is 2.66. The van der Waals surface area contributed by atoms with Crippen LogP contribution >= 0.6 is 24.0 Å². The van der Waals surface area contributed by atoms with Gasteiger partial charge in [0.15, 0.2) is 5.96 Å². The van der Waals surface area contributed by atoms with Crippen LogP contribution in [0.15, 0.2) is 40.9 Å². The average molecular weight is 429 g/mol. The van der Waals surface area contributed by atoms with Gasteiger partial charge >= 0.3 is 0 Å². The van der Waals surface area contributed by atoms with Crippen molar-refractivity contribution >= 4 is 29.9 Å². The lowest BCUT2D eigenvalue weighted by atomic mass is 9.97. The maximum absolute atomic E-state index is 5.24. The highest BCUT2D eigenvalue weighted by molar-refractivity contribution is 14.0. The molecular weight excluding hydrogens is 401 g/mol. The number of aliphatic imine (C=N–C) groups is 1. The first-order valence-electron chi connectivity index (χ1n) is 8.07. The number of guanidine groups is 1. The smallest absolute Gasteiger partial charge is 0.191 e. The molecule has 128 valence electrons. The molecule has 4 nitrogen and oxygen atoms in total. The quantitative estimate of drug-likeness (QED) is 0.313. The Morgan fingerprint density at radius 1 is 1.26 bits per heavy atom. The molecule has 0 heterocycles. The Hall–Kier alpha value is -1.24. The lowest BCUT2D eigenvalue weighted by Crippen LogP contribution is -2.37. The molecule has 1 aliphatic rings. The molecule has 0 bridgehead atoms. The van der Waals surface area contributed by atoms with Gasteiger partial charge in [-0.2, -0.15) is 0 Å². The van der Waals surface area contributed by atoms with E-state index in [1.54, 1.807) is 19.7 Å². The molecule has 0 unspecified atom stereocenters. The molecule has 5 heteroatoms. The monoisotopic (exact) mass is 429 g/mol. The zero-order valence-corrected chi connectivity index (χ0v) is 16.4. The van der Waals surface area contributed by atoms with Crippen LogP contribution in [-0.4, -0.2) is 26.7 Å². The van der Waals surface area contributed by atoms with Crippen LogP contribution in [0.3, 0.4) is 0 Å². The summed E-state index contributed by atoms with van der Waals surface area (Å²) in [5.74, 6) is 1.73. The van der Waals surface area contributed by atoms with Crippen LogP contribution in [0.4, 0.5) is 0 Å². The van der Waals surface area contributed by atoms with E-state index in [1.165, 1.54) is 31.2 Å². The van der Waals surface area contributed by atoms with Gasteiger partial charge in [-0.05, 0) is 49.8 Å². The molecule has 0 radical (unpaired) electrons. The number of halogens is 1. The van der Waals surface area contributed by atoms with E-state index >= 15 is 0 Å². The Morgan fingerprint density at radius 2 is 2.13 bits per heavy atom. The minimum absolute atomic E-state index is 0. The first-order valence-corrected chi connectivity index (χ1v) is 8.07. The first kappa shape index (κ1) is 19.8. The zero-order valence-electron chi connectivity index (χ0n) is 14.1. The summed E-state index contributed by atoms with van der Waals surface area (Å²) < 4.78 is 5.24. The van der Waals surface area contributed by atoms with E-state index in [0.717, 1.165) is 31.2 Å². The minimum atomic E-state index is 0. The van der Waals surface area contributed by atoms with Crippen LogP contribution < -0.4 is 15.4 Å². The van der Waals surface area contributed by atoms with E-state index in [9.17, 15) is 0 Å². The summed E-state index contributed by atoms with van der Waals surface area (Å²) >= 11 is 0. The molecule has 0 aliphatic heterocycles. The van der Waals surface area contributed by atoms with Gasteiger partial charge in [0.2, 0.25) is 0 Å². The van der Waals surface area contributed by atoms with Crippen molar-refractivity contribution in [2.45, 2.75) is 38.6 Å². The molecule has 0 amide bonds. The molecule has 0 saturated carbocycles. The maximum Gasteiger partial charge on any atom is 0.191 e. The summed E-state index contributed by atoms with van der Waals surface area (Å²) in [5.41, 5.74) is 2.76.